The van der Waals surface area contributed by atoms with Crippen LogP contribution in [0.3, 0.4) is 0 Å². The number of hydrogen-bond donors (Lipinski definition) is 13. The van der Waals surface area contributed by atoms with Crippen molar-refractivity contribution in [3.63, 3.8) is 0 Å². The monoisotopic (exact) mass is 1360 g/mol. The number of aliphatic carboxylic acids is 6. The third-order valence-corrected chi connectivity index (χ3v) is 17.3. The van der Waals surface area contributed by atoms with Crippen molar-refractivity contribution in [2.24, 2.45) is 12.0 Å². The number of carbonyl (C=O) groups is 11. The van der Waals surface area contributed by atoms with Crippen LogP contribution in [-0.2, 0) is 71.4 Å². The van der Waals surface area contributed by atoms with E-state index >= 15 is 0 Å². The Kier molecular flexibility index (Phi) is 31.1. The standard InChI is InChI=1S/C60H88N14O20S/c1-38-30-41(31-39(2)56(38)95(92,93)69-46(60(90)91)33-65-57(87)40-11-12-42-43(68-70(3)47(42)32-40)8-6-18-62-48-9-4-5-17-61-48)94-29-7-10-49(75)63-19-20-64-58(88)44(13-15-51(77)78)67-59(89)45(14-16-52(79)80)66-50(76)34-71-21-23-72(35-53(81)82)25-27-74(37-55(85)86)28-26-73(24-22-71)36-54(83)84/h11-12,30-32,44-46,69H,4-10,13-29,33-37H2,1-3H3,(H,61,62)(H,63,75)(H,64,88)(H,65,87)(H,66,76)(H,67,89)(H,77,78)(H,79,80)(H,81,82)(H,83,84)(H,85,86)(H,90,91). The van der Waals surface area contributed by atoms with E-state index in [9.17, 15) is 91.8 Å². The number of carboxylic acid groups (broad SMARTS) is 6. The van der Waals surface area contributed by atoms with E-state index < -0.39 is 145 Å². The summed E-state index contributed by atoms with van der Waals surface area (Å²) in [6.07, 6.45) is 2.63. The largest absolute Gasteiger partial charge is 0.494 e. The summed E-state index contributed by atoms with van der Waals surface area (Å²) in [5.41, 5.74) is 2.18. The number of carboxylic acids is 6. The van der Waals surface area contributed by atoms with E-state index in [1.54, 1.807) is 39.7 Å². The summed E-state index contributed by atoms with van der Waals surface area (Å²) in [6.45, 7) is 2.67. The predicted octanol–water partition coefficient (Wildman–Crippen LogP) is -1.98. The highest BCUT2D eigenvalue weighted by atomic mass is 32.2. The lowest BCUT2D eigenvalue weighted by Crippen LogP contribution is -2.55. The summed E-state index contributed by atoms with van der Waals surface area (Å²) in [5.74, 6) is -10.2. The molecule has 2 aliphatic rings. The second-order valence-electron chi connectivity index (χ2n) is 23.2. The van der Waals surface area contributed by atoms with Gasteiger partial charge in [0.2, 0.25) is 33.7 Å². The first-order valence-corrected chi connectivity index (χ1v) is 32.7. The third-order valence-electron chi connectivity index (χ3n) is 15.5. The summed E-state index contributed by atoms with van der Waals surface area (Å²) in [5, 5.41) is 79.0. The van der Waals surface area contributed by atoms with Gasteiger partial charge in [0.05, 0.1) is 54.7 Å². The lowest BCUT2D eigenvalue weighted by atomic mass is 10.1. The Morgan fingerprint density at radius 3 is 1.67 bits per heavy atom. The number of amides is 5. The first kappa shape index (κ1) is 76.8. The average Bonchev–Trinajstić information content (AvgIpc) is 1.79. The molecule has 0 saturated carbocycles. The maximum atomic E-state index is 13.8. The molecule has 35 heteroatoms. The molecular weight excluding hydrogens is 1270 g/mol. The molecule has 3 atom stereocenters. The molecule has 0 aliphatic carbocycles. The fraction of sp³-hybridized carbons (Fsp3) is 0.583. The van der Waals surface area contributed by atoms with Crippen LogP contribution in [0.4, 0.5) is 0 Å². The Hall–Kier alpha value is -8.90. The van der Waals surface area contributed by atoms with Crippen LogP contribution >= 0.6 is 0 Å². The van der Waals surface area contributed by atoms with Gasteiger partial charge in [0, 0.05) is 129 Å². The summed E-state index contributed by atoms with van der Waals surface area (Å²) < 4.78 is 37.1. The molecule has 524 valence electrons. The summed E-state index contributed by atoms with van der Waals surface area (Å²) in [6, 6.07) is 3.02. The molecule has 5 rings (SSSR count). The number of aliphatic imine (C=N–C) groups is 1. The third kappa shape index (κ3) is 27.2. The van der Waals surface area contributed by atoms with Crippen LogP contribution in [0, 0.1) is 13.8 Å². The second-order valence-corrected chi connectivity index (χ2v) is 24.8. The number of nitrogens with one attached hydrogen (secondary N) is 7. The molecule has 3 aromatic rings. The van der Waals surface area contributed by atoms with Crippen LogP contribution in [0.2, 0.25) is 0 Å². The van der Waals surface area contributed by atoms with Crippen molar-refractivity contribution in [1.82, 2.24) is 66.0 Å². The minimum Gasteiger partial charge on any atom is -0.494 e. The van der Waals surface area contributed by atoms with Crippen molar-refractivity contribution in [2.45, 2.75) is 107 Å². The van der Waals surface area contributed by atoms with E-state index in [2.05, 4.69) is 46.7 Å². The maximum Gasteiger partial charge on any atom is 0.323 e. The van der Waals surface area contributed by atoms with Crippen molar-refractivity contribution in [1.29, 1.82) is 0 Å². The lowest BCUT2D eigenvalue weighted by molar-refractivity contribution is -0.140. The Morgan fingerprint density at radius 1 is 0.600 bits per heavy atom. The van der Waals surface area contributed by atoms with E-state index in [0.29, 0.717) is 11.9 Å². The molecule has 13 N–H and O–H groups in total. The van der Waals surface area contributed by atoms with E-state index in [1.807, 2.05) is 0 Å². The zero-order valence-electron chi connectivity index (χ0n) is 53.6. The number of ether oxygens (including phenoxy) is 1. The summed E-state index contributed by atoms with van der Waals surface area (Å²) in [7, 11) is -2.74. The molecule has 3 unspecified atom stereocenters. The van der Waals surface area contributed by atoms with Crippen molar-refractivity contribution in [3.8, 4) is 5.75 Å². The highest BCUT2D eigenvalue weighted by Gasteiger charge is 2.31. The molecule has 1 fully saturated rings. The highest BCUT2D eigenvalue weighted by molar-refractivity contribution is 7.89. The van der Waals surface area contributed by atoms with Crippen molar-refractivity contribution in [2.75, 3.05) is 118 Å². The van der Waals surface area contributed by atoms with Gasteiger partial charge < -0.3 is 67.3 Å². The van der Waals surface area contributed by atoms with Crippen molar-refractivity contribution >= 4 is 92.1 Å². The Labute approximate surface area is 548 Å². The smallest absolute Gasteiger partial charge is 0.323 e. The average molecular weight is 1360 g/mol. The van der Waals surface area contributed by atoms with Crippen LogP contribution in [-0.4, -0.2) is 276 Å². The quantitative estimate of drug-likeness (QED) is 0.0278. The fourth-order valence-electron chi connectivity index (χ4n) is 10.7. The van der Waals surface area contributed by atoms with Gasteiger partial charge in [0.25, 0.3) is 5.91 Å². The Bertz CT molecular complexity index is 3310. The number of sulfonamides is 1. The normalized spacial score (nSPS) is 15.7. The number of nitrogens with zero attached hydrogens (tertiary/aromatic N) is 7. The molecule has 0 radical (unpaired) electrons. The van der Waals surface area contributed by atoms with Gasteiger partial charge in [-0.05, 0) is 94.2 Å². The van der Waals surface area contributed by atoms with E-state index in [4.69, 9.17) is 4.74 Å². The van der Waals surface area contributed by atoms with Gasteiger partial charge in [-0.25, -0.2) is 8.42 Å². The highest BCUT2D eigenvalue weighted by Crippen LogP contribution is 2.27. The minimum atomic E-state index is -4.49. The molecule has 5 amide bonds. The molecular formula is C60H88N14O20S. The number of rotatable bonds is 37. The van der Waals surface area contributed by atoms with Gasteiger partial charge in [-0.15, -0.1) is 0 Å². The zero-order chi connectivity index (χ0) is 69.8. The van der Waals surface area contributed by atoms with Gasteiger partial charge in [-0.1, -0.05) is 6.07 Å². The molecule has 95 heavy (non-hydrogen) atoms. The van der Waals surface area contributed by atoms with E-state index in [1.165, 1.54) is 35.8 Å². The first-order chi connectivity index (χ1) is 45.1. The van der Waals surface area contributed by atoms with Crippen LogP contribution in [0.25, 0.3) is 10.9 Å². The van der Waals surface area contributed by atoms with E-state index in [-0.39, 0.29) is 119 Å². The van der Waals surface area contributed by atoms with Crippen LogP contribution in [0.1, 0.15) is 91.4 Å². The van der Waals surface area contributed by atoms with Gasteiger partial charge in [0.15, 0.2) is 0 Å². The number of benzene rings is 2. The zero-order valence-corrected chi connectivity index (χ0v) is 54.4. The summed E-state index contributed by atoms with van der Waals surface area (Å²) in [4.78, 5) is 148. The lowest BCUT2D eigenvalue weighted by Gasteiger charge is -2.33. The molecule has 34 nitrogen and oxygen atoms in total. The van der Waals surface area contributed by atoms with Crippen LogP contribution in [0.15, 0.2) is 40.2 Å². The molecule has 3 heterocycles. The van der Waals surface area contributed by atoms with Gasteiger partial charge in [0.1, 0.15) is 23.9 Å². The minimum absolute atomic E-state index is 0.00690. The Morgan fingerprint density at radius 2 is 1.15 bits per heavy atom. The number of hydrogen-bond acceptors (Lipinski definition) is 21. The molecule has 1 saturated heterocycles. The number of aryl methyl sites for hydroxylation is 4. The summed E-state index contributed by atoms with van der Waals surface area (Å²) >= 11 is 0. The van der Waals surface area contributed by atoms with Gasteiger partial charge >= 0.3 is 35.8 Å². The molecule has 0 spiro atoms. The Balaban J connectivity index is 1.08. The maximum absolute atomic E-state index is 13.8. The number of aromatic nitrogens is 2. The molecule has 2 aliphatic heterocycles. The number of amidine groups is 1. The SMILES string of the molecule is Cc1cc(OCCCC(=O)NCCNC(=O)C(CCC(=O)O)NC(=O)C(CCC(=O)O)NC(=O)CN2CCN(CC(=O)O)CCN(CC(=O)O)CCN(CC(=O)O)CC2)cc(C)c1S(=O)(=O)NC(CNC(=O)c1ccc2c(CCCNC3=NCCCC3)nn(C)c2c1)C(=O)O. The topological polar surface area (TPSA) is 480 Å². The molecule has 1 aromatic heterocycles. The van der Waals surface area contributed by atoms with Crippen molar-refractivity contribution < 1.29 is 96.5 Å². The van der Waals surface area contributed by atoms with Gasteiger partial charge in [-0.3, -0.25) is 82.0 Å². The fourth-order valence-corrected chi connectivity index (χ4v) is 12.4. The van der Waals surface area contributed by atoms with Crippen LogP contribution < -0.4 is 41.4 Å². The van der Waals surface area contributed by atoms with Crippen LogP contribution in [0.5, 0.6) is 5.75 Å². The van der Waals surface area contributed by atoms with E-state index in [0.717, 1.165) is 55.7 Å². The second kappa shape index (κ2) is 38.5. The molecule has 2 aromatic carbocycles. The first-order valence-electron chi connectivity index (χ1n) is 31.2. The number of fused-ring (bicyclic) bond motifs is 1. The van der Waals surface area contributed by atoms with Gasteiger partial charge in [-0.2, -0.15) is 9.82 Å². The van der Waals surface area contributed by atoms with Crippen molar-refractivity contribution in [3.05, 3.63) is 52.7 Å². The predicted molar refractivity (Wildman–Crippen MR) is 340 cm³/mol. The molecule has 0 bridgehead atoms. The number of carbonyl (C=O) groups excluding carboxylic acids is 5.